The van der Waals surface area contributed by atoms with E-state index in [1.54, 1.807) is 0 Å². The van der Waals surface area contributed by atoms with Gasteiger partial charge in [-0.15, -0.1) is 0 Å². The molecule has 16 heavy (non-hydrogen) atoms. The quantitative estimate of drug-likeness (QED) is 0.271. The van der Waals surface area contributed by atoms with Crippen molar-refractivity contribution in [3.05, 3.63) is 23.8 Å². The third-order valence-electron chi connectivity index (χ3n) is 1.87. The first-order chi connectivity index (χ1) is 7.41. The van der Waals surface area contributed by atoms with Crippen molar-refractivity contribution < 1.29 is 19.9 Å². The summed E-state index contributed by atoms with van der Waals surface area (Å²) in [5.41, 5.74) is 5.70. The standard InChI is InChI=1S/C9H11BN2O4/c1-5(13)12-9(11)7-4-6(10(15)16)2-3-8(7)14/h2-4,14-16H,1H3,(H2,11,12,13). The Morgan fingerprint density at radius 2 is 2.06 bits per heavy atom. The Kier molecular flexibility index (Phi) is 3.65. The average molecular weight is 222 g/mol. The predicted molar refractivity (Wildman–Crippen MR) is 59.3 cm³/mol. The molecule has 0 heterocycles. The van der Waals surface area contributed by atoms with Crippen molar-refractivity contribution in [3.63, 3.8) is 0 Å². The van der Waals surface area contributed by atoms with E-state index in [-0.39, 0.29) is 22.6 Å². The molecule has 0 aromatic heterocycles. The van der Waals surface area contributed by atoms with Gasteiger partial charge in [-0.25, -0.2) is 0 Å². The molecular weight excluding hydrogens is 211 g/mol. The molecule has 0 radical (unpaired) electrons. The van der Waals surface area contributed by atoms with Crippen molar-refractivity contribution >= 4 is 24.3 Å². The van der Waals surface area contributed by atoms with E-state index in [0.29, 0.717) is 0 Å². The lowest BCUT2D eigenvalue weighted by molar-refractivity contribution is -0.115. The van der Waals surface area contributed by atoms with Crippen molar-refractivity contribution in [2.45, 2.75) is 6.92 Å². The molecule has 1 amide bonds. The van der Waals surface area contributed by atoms with Gasteiger partial charge >= 0.3 is 7.12 Å². The van der Waals surface area contributed by atoms with Gasteiger partial charge in [0.15, 0.2) is 0 Å². The number of nitrogens with zero attached hydrogens (tertiary/aromatic N) is 1. The number of amidine groups is 1. The van der Waals surface area contributed by atoms with Gasteiger partial charge in [0.2, 0.25) is 5.91 Å². The molecule has 0 unspecified atom stereocenters. The van der Waals surface area contributed by atoms with Gasteiger partial charge < -0.3 is 20.9 Å². The molecule has 0 fully saturated rings. The Labute approximate surface area is 92.2 Å². The van der Waals surface area contributed by atoms with E-state index in [4.69, 9.17) is 15.8 Å². The summed E-state index contributed by atoms with van der Waals surface area (Å²) in [5, 5.41) is 27.3. The molecule has 84 valence electrons. The molecule has 7 heteroatoms. The van der Waals surface area contributed by atoms with Crippen LogP contribution in [0.5, 0.6) is 5.75 Å². The molecule has 0 aliphatic carbocycles. The topological polar surface area (TPSA) is 116 Å². The number of phenolic OH excluding ortho intramolecular Hbond substituents is 1. The fourth-order valence-electron chi connectivity index (χ4n) is 1.15. The number of aromatic hydroxyl groups is 1. The molecular formula is C9H11BN2O4. The summed E-state index contributed by atoms with van der Waals surface area (Å²) in [6.07, 6.45) is 0. The van der Waals surface area contributed by atoms with Crippen LogP contribution < -0.4 is 11.2 Å². The molecule has 6 nitrogen and oxygen atoms in total. The van der Waals surface area contributed by atoms with E-state index in [9.17, 15) is 9.90 Å². The van der Waals surface area contributed by atoms with Crippen molar-refractivity contribution in [2.24, 2.45) is 10.7 Å². The van der Waals surface area contributed by atoms with Crippen molar-refractivity contribution in [1.29, 1.82) is 0 Å². The van der Waals surface area contributed by atoms with E-state index >= 15 is 0 Å². The lowest BCUT2D eigenvalue weighted by Gasteiger charge is -2.06. The van der Waals surface area contributed by atoms with Crippen LogP contribution in [0.15, 0.2) is 23.2 Å². The van der Waals surface area contributed by atoms with Crippen LogP contribution in [0.4, 0.5) is 0 Å². The molecule has 1 rings (SSSR count). The number of nitrogens with two attached hydrogens (primary N) is 1. The highest BCUT2D eigenvalue weighted by molar-refractivity contribution is 6.58. The number of hydrogen-bond donors (Lipinski definition) is 4. The monoisotopic (exact) mass is 222 g/mol. The number of carbonyl (C=O) groups is 1. The third kappa shape index (κ3) is 2.82. The minimum Gasteiger partial charge on any atom is -0.507 e. The third-order valence-corrected chi connectivity index (χ3v) is 1.87. The lowest BCUT2D eigenvalue weighted by atomic mass is 9.79. The molecule has 1 aromatic rings. The second-order valence-corrected chi connectivity index (χ2v) is 3.17. The molecule has 0 bridgehead atoms. The van der Waals surface area contributed by atoms with Crippen LogP contribution in [0.2, 0.25) is 0 Å². The zero-order valence-electron chi connectivity index (χ0n) is 8.58. The minimum atomic E-state index is -1.68. The first kappa shape index (κ1) is 12.2. The fraction of sp³-hybridized carbons (Fsp3) is 0.111. The number of amides is 1. The van der Waals surface area contributed by atoms with Gasteiger partial charge in [0.1, 0.15) is 11.6 Å². The zero-order valence-corrected chi connectivity index (χ0v) is 8.58. The number of phenols is 1. The molecule has 0 aliphatic rings. The molecule has 0 saturated heterocycles. The van der Waals surface area contributed by atoms with Gasteiger partial charge in [-0.2, -0.15) is 4.99 Å². The van der Waals surface area contributed by atoms with Crippen LogP contribution in [-0.4, -0.2) is 34.0 Å². The van der Waals surface area contributed by atoms with E-state index < -0.39 is 13.0 Å². The summed E-state index contributed by atoms with van der Waals surface area (Å²) in [6, 6.07) is 3.82. The number of hydrogen-bond acceptors (Lipinski definition) is 4. The largest absolute Gasteiger partial charge is 0.507 e. The molecule has 0 spiro atoms. The minimum absolute atomic E-state index is 0.0841. The van der Waals surface area contributed by atoms with Crippen molar-refractivity contribution in [2.75, 3.05) is 0 Å². The maximum Gasteiger partial charge on any atom is 0.488 e. The Morgan fingerprint density at radius 1 is 1.44 bits per heavy atom. The number of benzene rings is 1. The SMILES string of the molecule is CC(=O)N=C(N)c1cc(B(O)O)ccc1O. The fourth-order valence-corrected chi connectivity index (χ4v) is 1.15. The van der Waals surface area contributed by atoms with E-state index in [1.807, 2.05) is 0 Å². The Bertz CT molecular complexity index is 445. The molecule has 0 aliphatic heterocycles. The van der Waals surface area contributed by atoms with Gasteiger partial charge in [0.05, 0.1) is 5.56 Å². The molecule has 5 N–H and O–H groups in total. The average Bonchev–Trinajstić information content (AvgIpc) is 2.16. The molecule has 0 saturated carbocycles. The maximum absolute atomic E-state index is 10.7. The summed E-state index contributed by atoms with van der Waals surface area (Å²) in [4.78, 5) is 14.2. The van der Waals surface area contributed by atoms with E-state index in [1.165, 1.54) is 25.1 Å². The highest BCUT2D eigenvalue weighted by atomic mass is 16.4. The Morgan fingerprint density at radius 3 is 2.56 bits per heavy atom. The number of aliphatic imine (C=N–C) groups is 1. The van der Waals surface area contributed by atoms with Gasteiger partial charge in [-0.3, -0.25) is 4.79 Å². The van der Waals surface area contributed by atoms with Crippen molar-refractivity contribution in [1.82, 2.24) is 0 Å². The summed E-state index contributed by atoms with van der Waals surface area (Å²) in [5.74, 6) is -0.869. The van der Waals surface area contributed by atoms with Crippen LogP contribution in [0.25, 0.3) is 0 Å². The van der Waals surface area contributed by atoms with Gasteiger partial charge in [0, 0.05) is 6.92 Å². The zero-order chi connectivity index (χ0) is 12.3. The Balaban J connectivity index is 3.22. The van der Waals surface area contributed by atoms with E-state index in [2.05, 4.69) is 4.99 Å². The van der Waals surface area contributed by atoms with Crippen LogP contribution in [0.1, 0.15) is 12.5 Å². The summed E-state index contributed by atoms with van der Waals surface area (Å²) < 4.78 is 0. The smallest absolute Gasteiger partial charge is 0.488 e. The molecule has 1 aromatic carbocycles. The number of carbonyl (C=O) groups excluding carboxylic acids is 1. The second kappa shape index (κ2) is 4.78. The van der Waals surface area contributed by atoms with Crippen molar-refractivity contribution in [3.8, 4) is 5.75 Å². The van der Waals surface area contributed by atoms with Gasteiger partial charge in [0.25, 0.3) is 0 Å². The normalized spacial score (nSPS) is 11.3. The van der Waals surface area contributed by atoms with Crippen LogP contribution >= 0.6 is 0 Å². The van der Waals surface area contributed by atoms with Crippen LogP contribution in [0, 0.1) is 0 Å². The van der Waals surface area contributed by atoms with Crippen LogP contribution in [-0.2, 0) is 4.79 Å². The lowest BCUT2D eigenvalue weighted by Crippen LogP contribution is -2.31. The van der Waals surface area contributed by atoms with Gasteiger partial charge in [-0.05, 0) is 17.6 Å². The Hall–Kier alpha value is -1.86. The van der Waals surface area contributed by atoms with Crippen LogP contribution in [0.3, 0.4) is 0 Å². The highest BCUT2D eigenvalue weighted by Crippen LogP contribution is 2.14. The summed E-state index contributed by atoms with van der Waals surface area (Å²) in [6.45, 7) is 1.22. The predicted octanol–water partition coefficient (Wildman–Crippen LogP) is -1.68. The summed E-state index contributed by atoms with van der Waals surface area (Å²) in [7, 11) is -1.68. The number of rotatable bonds is 2. The van der Waals surface area contributed by atoms with Gasteiger partial charge in [-0.1, -0.05) is 6.07 Å². The second-order valence-electron chi connectivity index (χ2n) is 3.17. The maximum atomic E-state index is 10.7. The highest BCUT2D eigenvalue weighted by Gasteiger charge is 2.15. The first-order valence-electron chi connectivity index (χ1n) is 4.46. The van der Waals surface area contributed by atoms with E-state index in [0.717, 1.165) is 0 Å². The first-order valence-corrected chi connectivity index (χ1v) is 4.46. The molecule has 0 atom stereocenters. The summed E-state index contributed by atoms with van der Waals surface area (Å²) >= 11 is 0.